The lowest BCUT2D eigenvalue weighted by Crippen LogP contribution is -2.20. The first-order valence-corrected chi connectivity index (χ1v) is 8.50. The Bertz CT molecular complexity index is 666. The molecule has 0 aliphatic carbocycles. The molecule has 0 bridgehead atoms. The second-order valence-electron chi connectivity index (χ2n) is 4.95. The number of nitrogens with zero attached hydrogens (tertiary/aromatic N) is 1. The highest BCUT2D eigenvalue weighted by Crippen LogP contribution is 2.23. The summed E-state index contributed by atoms with van der Waals surface area (Å²) in [6, 6.07) is 13.2. The summed E-state index contributed by atoms with van der Waals surface area (Å²) in [5.74, 6) is 0. The Morgan fingerprint density at radius 2 is 2.00 bits per heavy atom. The van der Waals surface area contributed by atoms with Crippen molar-refractivity contribution in [3.63, 3.8) is 0 Å². The Labute approximate surface area is 127 Å². The summed E-state index contributed by atoms with van der Waals surface area (Å²) >= 11 is 3.67. The summed E-state index contributed by atoms with van der Waals surface area (Å²) in [4.78, 5) is 7.45. The van der Waals surface area contributed by atoms with Crippen molar-refractivity contribution in [1.29, 1.82) is 0 Å². The molecule has 1 aromatic carbocycles. The van der Waals surface area contributed by atoms with E-state index in [0.29, 0.717) is 6.04 Å². The Morgan fingerprint density at radius 1 is 1.15 bits per heavy atom. The van der Waals surface area contributed by atoms with E-state index in [1.165, 1.54) is 19.5 Å². The molecule has 0 aliphatic rings. The van der Waals surface area contributed by atoms with Gasteiger partial charge < -0.3 is 5.32 Å². The number of fused-ring (bicyclic) bond motifs is 1. The van der Waals surface area contributed by atoms with Gasteiger partial charge in [0.15, 0.2) is 0 Å². The highest BCUT2D eigenvalue weighted by Gasteiger charge is 2.08. The lowest BCUT2D eigenvalue weighted by molar-refractivity contribution is 0.584. The molecule has 1 unspecified atom stereocenters. The number of rotatable bonds is 5. The molecular weight excluding hydrogens is 284 g/mol. The monoisotopic (exact) mass is 302 g/mol. The van der Waals surface area contributed by atoms with Gasteiger partial charge in [-0.15, -0.1) is 22.7 Å². The van der Waals surface area contributed by atoms with Crippen molar-refractivity contribution in [3.05, 3.63) is 51.2 Å². The van der Waals surface area contributed by atoms with Crippen LogP contribution >= 0.6 is 22.7 Å². The van der Waals surface area contributed by atoms with Crippen molar-refractivity contribution in [2.24, 2.45) is 0 Å². The average Bonchev–Trinajstić information content (AvgIpc) is 3.04. The zero-order chi connectivity index (χ0) is 13.9. The van der Waals surface area contributed by atoms with E-state index in [2.05, 4.69) is 54.5 Å². The van der Waals surface area contributed by atoms with E-state index in [4.69, 9.17) is 0 Å². The van der Waals surface area contributed by atoms with E-state index in [9.17, 15) is 0 Å². The van der Waals surface area contributed by atoms with Crippen LogP contribution in [0, 0.1) is 6.92 Å². The Balaban J connectivity index is 1.57. The Kier molecular flexibility index (Phi) is 4.15. The standard InChI is InChI=1S/C16H18N2S2/c1-11-7-8-14(19-11)12(2)17-10-9-16-18-13-5-3-4-6-15(13)20-16/h3-8,12,17H,9-10H2,1-2H3. The second kappa shape index (κ2) is 6.04. The predicted molar refractivity (Wildman–Crippen MR) is 88.8 cm³/mol. The summed E-state index contributed by atoms with van der Waals surface area (Å²) in [6.07, 6.45) is 0.994. The first-order valence-electron chi connectivity index (χ1n) is 6.86. The Morgan fingerprint density at radius 3 is 2.75 bits per heavy atom. The molecule has 4 heteroatoms. The third-order valence-corrected chi connectivity index (χ3v) is 5.60. The summed E-state index contributed by atoms with van der Waals surface area (Å²) in [6.45, 7) is 5.35. The quantitative estimate of drug-likeness (QED) is 0.747. The molecule has 0 fully saturated rings. The van der Waals surface area contributed by atoms with Crippen LogP contribution in [0.5, 0.6) is 0 Å². The second-order valence-corrected chi connectivity index (χ2v) is 7.38. The number of thiophene rings is 1. The molecule has 0 saturated carbocycles. The molecule has 0 aliphatic heterocycles. The lowest BCUT2D eigenvalue weighted by atomic mass is 10.2. The van der Waals surface area contributed by atoms with Crippen LogP contribution in [0.1, 0.15) is 27.7 Å². The highest BCUT2D eigenvalue weighted by molar-refractivity contribution is 7.18. The highest BCUT2D eigenvalue weighted by atomic mass is 32.1. The maximum Gasteiger partial charge on any atom is 0.0951 e. The number of benzene rings is 1. The smallest absolute Gasteiger partial charge is 0.0951 e. The largest absolute Gasteiger partial charge is 0.309 e. The molecule has 3 aromatic rings. The van der Waals surface area contributed by atoms with Gasteiger partial charge in [-0.05, 0) is 38.1 Å². The molecule has 104 valence electrons. The molecule has 0 amide bonds. The van der Waals surface area contributed by atoms with E-state index < -0.39 is 0 Å². The lowest BCUT2D eigenvalue weighted by Gasteiger charge is -2.10. The number of aromatic nitrogens is 1. The van der Waals surface area contributed by atoms with Gasteiger partial charge in [0, 0.05) is 28.8 Å². The zero-order valence-corrected chi connectivity index (χ0v) is 13.4. The van der Waals surface area contributed by atoms with Gasteiger partial charge in [0.05, 0.1) is 15.2 Å². The molecular formula is C16H18N2S2. The van der Waals surface area contributed by atoms with Crippen molar-refractivity contribution in [3.8, 4) is 0 Å². The first kappa shape index (κ1) is 13.7. The van der Waals surface area contributed by atoms with Crippen molar-refractivity contribution in [2.45, 2.75) is 26.3 Å². The van der Waals surface area contributed by atoms with Gasteiger partial charge in [-0.1, -0.05) is 12.1 Å². The molecule has 20 heavy (non-hydrogen) atoms. The van der Waals surface area contributed by atoms with Crippen LogP contribution in [0.2, 0.25) is 0 Å². The minimum absolute atomic E-state index is 0.420. The number of thiazole rings is 1. The van der Waals surface area contributed by atoms with Crippen LogP contribution in [-0.2, 0) is 6.42 Å². The topological polar surface area (TPSA) is 24.9 Å². The van der Waals surface area contributed by atoms with Gasteiger partial charge in [-0.3, -0.25) is 0 Å². The molecule has 0 radical (unpaired) electrons. The van der Waals surface area contributed by atoms with Crippen molar-refractivity contribution < 1.29 is 0 Å². The molecule has 3 rings (SSSR count). The molecule has 1 atom stereocenters. The SMILES string of the molecule is Cc1ccc(C(C)NCCc2nc3ccccc3s2)s1. The fourth-order valence-electron chi connectivity index (χ4n) is 2.21. The molecule has 0 spiro atoms. The number of aryl methyl sites for hydroxylation is 1. The van der Waals surface area contributed by atoms with Crippen LogP contribution in [0.15, 0.2) is 36.4 Å². The van der Waals surface area contributed by atoms with Crippen molar-refractivity contribution >= 4 is 32.9 Å². The summed E-state index contributed by atoms with van der Waals surface area (Å²) in [7, 11) is 0. The van der Waals surface area contributed by atoms with Gasteiger partial charge in [-0.25, -0.2) is 4.98 Å². The number of hydrogen-bond donors (Lipinski definition) is 1. The van der Waals surface area contributed by atoms with Gasteiger partial charge in [0.25, 0.3) is 0 Å². The summed E-state index contributed by atoms with van der Waals surface area (Å²) in [5, 5.41) is 4.80. The molecule has 0 saturated heterocycles. The van der Waals surface area contributed by atoms with E-state index in [1.807, 2.05) is 17.4 Å². The minimum atomic E-state index is 0.420. The first-order chi connectivity index (χ1) is 9.72. The van der Waals surface area contributed by atoms with Crippen LogP contribution in [0.3, 0.4) is 0 Å². The van der Waals surface area contributed by atoms with E-state index in [0.717, 1.165) is 18.5 Å². The maximum atomic E-state index is 4.67. The molecule has 2 aromatic heterocycles. The van der Waals surface area contributed by atoms with Crippen LogP contribution < -0.4 is 5.32 Å². The van der Waals surface area contributed by atoms with E-state index >= 15 is 0 Å². The van der Waals surface area contributed by atoms with Crippen LogP contribution in [0.4, 0.5) is 0 Å². The maximum absolute atomic E-state index is 4.67. The van der Waals surface area contributed by atoms with Crippen LogP contribution in [-0.4, -0.2) is 11.5 Å². The van der Waals surface area contributed by atoms with Gasteiger partial charge in [0.1, 0.15) is 0 Å². The van der Waals surface area contributed by atoms with Gasteiger partial charge in [0.2, 0.25) is 0 Å². The van der Waals surface area contributed by atoms with Crippen molar-refractivity contribution in [1.82, 2.24) is 10.3 Å². The third kappa shape index (κ3) is 3.08. The number of hydrogen-bond acceptors (Lipinski definition) is 4. The predicted octanol–water partition coefficient (Wildman–Crippen LogP) is 4.56. The fourth-order valence-corrected chi connectivity index (χ4v) is 4.08. The normalized spacial score (nSPS) is 12.9. The van der Waals surface area contributed by atoms with E-state index in [1.54, 1.807) is 11.3 Å². The third-order valence-electron chi connectivity index (χ3n) is 3.32. The molecule has 2 nitrogen and oxygen atoms in total. The minimum Gasteiger partial charge on any atom is -0.309 e. The number of nitrogens with one attached hydrogen (secondary N) is 1. The van der Waals surface area contributed by atoms with Crippen molar-refractivity contribution in [2.75, 3.05) is 6.54 Å². The average molecular weight is 302 g/mol. The van der Waals surface area contributed by atoms with E-state index in [-0.39, 0.29) is 0 Å². The van der Waals surface area contributed by atoms with Gasteiger partial charge >= 0.3 is 0 Å². The van der Waals surface area contributed by atoms with Crippen LogP contribution in [0.25, 0.3) is 10.2 Å². The summed E-state index contributed by atoms with van der Waals surface area (Å²) < 4.78 is 1.28. The fraction of sp³-hybridized carbons (Fsp3) is 0.312. The summed E-state index contributed by atoms with van der Waals surface area (Å²) in [5.41, 5.74) is 1.12. The van der Waals surface area contributed by atoms with Gasteiger partial charge in [-0.2, -0.15) is 0 Å². The number of para-hydroxylation sites is 1. The molecule has 1 N–H and O–H groups in total. The zero-order valence-electron chi connectivity index (χ0n) is 11.7. The Hall–Kier alpha value is -1.23. The molecule has 2 heterocycles.